The molecule has 8 heteroatoms. The molecule has 1 saturated heterocycles. The molecule has 0 spiro atoms. The number of anilines is 1. The summed E-state index contributed by atoms with van der Waals surface area (Å²) in [7, 11) is 0. The molecule has 1 aliphatic heterocycles. The lowest BCUT2D eigenvalue weighted by Gasteiger charge is -2.26. The van der Waals surface area contributed by atoms with Crippen LogP contribution >= 0.6 is 0 Å². The highest BCUT2D eigenvalue weighted by molar-refractivity contribution is 6.30. The summed E-state index contributed by atoms with van der Waals surface area (Å²) in [6.07, 6.45) is 0. The third-order valence-electron chi connectivity index (χ3n) is 2.04. The number of benzene rings is 1. The van der Waals surface area contributed by atoms with Gasteiger partial charge in [-0.1, -0.05) is 11.2 Å². The molecule has 0 unspecified atom stereocenters. The second kappa shape index (κ2) is 4.41. The number of nitrogens with one attached hydrogen (secondary N) is 1. The molecule has 1 aromatic rings. The summed E-state index contributed by atoms with van der Waals surface area (Å²) in [4.78, 5) is 30.7. The molecule has 88 valence electrons. The van der Waals surface area contributed by atoms with Crippen LogP contribution in [-0.4, -0.2) is 11.9 Å². The summed E-state index contributed by atoms with van der Waals surface area (Å²) in [5.74, 6) is -2.48. The highest BCUT2D eigenvalue weighted by Crippen LogP contribution is 2.24. The Balaban J connectivity index is 2.46. The largest absolute Gasteiger partial charge is 0.444 e. The van der Waals surface area contributed by atoms with Crippen molar-refractivity contribution in [2.24, 2.45) is 0 Å². The molecule has 1 N–H and O–H groups in total. The van der Waals surface area contributed by atoms with Crippen LogP contribution < -0.4 is 10.8 Å². The van der Waals surface area contributed by atoms with Gasteiger partial charge in [-0.25, -0.2) is 9.59 Å². The van der Waals surface area contributed by atoms with Crippen LogP contribution in [0.5, 0.6) is 0 Å². The van der Waals surface area contributed by atoms with Crippen LogP contribution in [0.4, 0.5) is 5.69 Å². The molecule has 0 amide bonds. The first-order valence-electron chi connectivity index (χ1n) is 4.59. The Morgan fingerprint density at radius 2 is 1.72 bits per heavy atom. The van der Waals surface area contributed by atoms with E-state index in [-0.39, 0.29) is 16.8 Å². The van der Waals surface area contributed by atoms with Gasteiger partial charge in [0, 0.05) is 0 Å². The first kappa shape index (κ1) is 11.4. The minimum atomic E-state index is -1.26. The van der Waals surface area contributed by atoms with Crippen molar-refractivity contribution >= 4 is 17.6 Å². The second-order valence-corrected chi connectivity index (χ2v) is 3.08. The lowest BCUT2D eigenvalue weighted by atomic mass is 10.1. The molecule has 8 nitrogen and oxygen atoms in total. The van der Waals surface area contributed by atoms with Crippen molar-refractivity contribution in [1.29, 1.82) is 10.5 Å². The maximum absolute atomic E-state index is 11.0. The number of rotatable bonds is 1. The Labute approximate surface area is 100 Å². The molecule has 1 aliphatic rings. The summed E-state index contributed by atoms with van der Waals surface area (Å²) < 4.78 is 0. The van der Waals surface area contributed by atoms with Gasteiger partial charge >= 0.3 is 11.9 Å². The maximum atomic E-state index is 11.0. The van der Waals surface area contributed by atoms with Crippen LogP contribution in [0.25, 0.3) is 0 Å². The molecule has 1 heterocycles. The number of hydrogen-bond acceptors (Lipinski definition) is 8. The zero-order valence-corrected chi connectivity index (χ0v) is 8.71. The van der Waals surface area contributed by atoms with Crippen molar-refractivity contribution in [3.8, 4) is 12.1 Å². The van der Waals surface area contributed by atoms with Crippen molar-refractivity contribution in [1.82, 2.24) is 5.59 Å². The Morgan fingerprint density at radius 1 is 1.11 bits per heavy atom. The predicted molar refractivity (Wildman–Crippen MR) is 53.7 cm³/mol. The van der Waals surface area contributed by atoms with Crippen molar-refractivity contribution in [2.45, 2.75) is 0 Å². The molecule has 18 heavy (non-hydrogen) atoms. The summed E-state index contributed by atoms with van der Waals surface area (Å²) in [6.45, 7) is 0. The van der Waals surface area contributed by atoms with Crippen LogP contribution in [0.3, 0.4) is 0 Å². The number of carbonyl (C=O) groups is 2. The quantitative estimate of drug-likeness (QED) is 0.667. The lowest BCUT2D eigenvalue weighted by molar-refractivity contribution is -0.192. The van der Waals surface area contributed by atoms with E-state index in [9.17, 15) is 9.59 Å². The zero-order valence-electron chi connectivity index (χ0n) is 8.71. The highest BCUT2D eigenvalue weighted by Gasteiger charge is 2.31. The molecule has 0 radical (unpaired) electrons. The van der Waals surface area contributed by atoms with Crippen molar-refractivity contribution in [3.63, 3.8) is 0 Å². The number of para-hydroxylation sites is 1. The fourth-order valence-corrected chi connectivity index (χ4v) is 1.30. The van der Waals surface area contributed by atoms with E-state index in [0.29, 0.717) is 5.17 Å². The van der Waals surface area contributed by atoms with Crippen LogP contribution in [-0.2, 0) is 19.3 Å². The van der Waals surface area contributed by atoms with Gasteiger partial charge in [0.2, 0.25) is 0 Å². The molecule has 1 aromatic carbocycles. The fraction of sp³-hybridized carbons (Fsp3) is 0. The monoisotopic (exact) mass is 244 g/mol. The SMILES string of the molecule is N#Cc1cccc(C#N)c1N1NOC(=O)C(=O)O1. The fourth-order valence-electron chi connectivity index (χ4n) is 1.30. The normalized spacial score (nSPS) is 14.2. The number of nitriles is 2. The average molecular weight is 244 g/mol. The van der Waals surface area contributed by atoms with Gasteiger partial charge < -0.3 is 9.68 Å². The molecule has 2 rings (SSSR count). The van der Waals surface area contributed by atoms with E-state index in [4.69, 9.17) is 10.5 Å². The summed E-state index contributed by atoms with van der Waals surface area (Å²) in [5.41, 5.74) is 2.15. The molecule has 0 aliphatic carbocycles. The number of hydrogen-bond donors (Lipinski definition) is 1. The predicted octanol–water partition coefficient (Wildman–Crippen LogP) is -0.329. The average Bonchev–Trinajstić information content (AvgIpc) is 2.41. The molecule has 1 fully saturated rings. The van der Waals surface area contributed by atoms with Crippen LogP contribution in [0.15, 0.2) is 18.2 Å². The van der Waals surface area contributed by atoms with E-state index in [1.807, 2.05) is 17.7 Å². The summed E-state index contributed by atoms with van der Waals surface area (Å²) >= 11 is 0. The molecular weight excluding hydrogens is 240 g/mol. The first-order chi connectivity index (χ1) is 8.67. The smallest absolute Gasteiger partial charge is 0.338 e. The topological polar surface area (TPSA) is 115 Å². The number of nitrogens with zero attached hydrogens (tertiary/aromatic N) is 3. The van der Waals surface area contributed by atoms with E-state index in [0.717, 1.165) is 0 Å². The van der Waals surface area contributed by atoms with Crippen molar-refractivity contribution < 1.29 is 19.3 Å². The van der Waals surface area contributed by atoms with E-state index in [1.54, 1.807) is 0 Å². The molecular formula is C10H4N4O4. The van der Waals surface area contributed by atoms with Gasteiger partial charge in [-0.3, -0.25) is 0 Å². The minimum Gasteiger partial charge on any atom is -0.338 e. The Hall–Kier alpha value is -3.10. The third kappa shape index (κ3) is 1.80. The van der Waals surface area contributed by atoms with Crippen molar-refractivity contribution in [3.05, 3.63) is 29.3 Å². The Bertz CT molecular complexity index is 581. The Kier molecular flexibility index (Phi) is 2.79. The van der Waals surface area contributed by atoms with Gasteiger partial charge in [0.15, 0.2) is 0 Å². The van der Waals surface area contributed by atoms with Crippen LogP contribution in [0, 0.1) is 22.7 Å². The standard InChI is InChI=1S/C10H4N4O4/c11-4-6-2-1-3-7(5-12)8(6)14-13-17-9(15)10(16)18-14/h1-3,13H. The zero-order chi connectivity index (χ0) is 13.1. The molecule has 0 bridgehead atoms. The number of hydrazine groups is 1. The van der Waals surface area contributed by atoms with E-state index in [1.165, 1.54) is 18.2 Å². The maximum Gasteiger partial charge on any atom is 0.444 e. The van der Waals surface area contributed by atoms with Gasteiger partial charge in [0.05, 0.1) is 11.1 Å². The molecule has 0 saturated carbocycles. The molecule has 0 atom stereocenters. The highest BCUT2D eigenvalue weighted by atomic mass is 16.9. The van der Waals surface area contributed by atoms with Crippen LogP contribution in [0.2, 0.25) is 0 Å². The minimum absolute atomic E-state index is 0.0108. The first-order valence-corrected chi connectivity index (χ1v) is 4.59. The van der Waals surface area contributed by atoms with Gasteiger partial charge in [-0.05, 0) is 17.7 Å². The van der Waals surface area contributed by atoms with Crippen LogP contribution in [0.1, 0.15) is 11.1 Å². The third-order valence-corrected chi connectivity index (χ3v) is 2.04. The van der Waals surface area contributed by atoms with E-state index < -0.39 is 11.9 Å². The van der Waals surface area contributed by atoms with Crippen molar-refractivity contribution in [2.75, 3.05) is 5.17 Å². The molecule has 0 aromatic heterocycles. The Morgan fingerprint density at radius 3 is 2.22 bits per heavy atom. The lowest BCUT2D eigenvalue weighted by Crippen LogP contribution is -2.50. The summed E-state index contributed by atoms with van der Waals surface area (Å²) in [6, 6.07) is 7.99. The van der Waals surface area contributed by atoms with Gasteiger partial charge in [0.1, 0.15) is 17.8 Å². The second-order valence-electron chi connectivity index (χ2n) is 3.08. The van der Waals surface area contributed by atoms with Gasteiger partial charge in [0.25, 0.3) is 0 Å². The van der Waals surface area contributed by atoms with Gasteiger partial charge in [-0.2, -0.15) is 10.5 Å². The summed E-state index contributed by atoms with van der Waals surface area (Å²) in [5, 5.41) is 18.5. The van der Waals surface area contributed by atoms with Gasteiger partial charge in [-0.15, -0.1) is 0 Å². The number of carbonyl (C=O) groups excluding carboxylic acids is 2. The van der Waals surface area contributed by atoms with E-state index in [2.05, 4.69) is 9.68 Å². The van der Waals surface area contributed by atoms with E-state index >= 15 is 0 Å².